The molecule has 0 aromatic heterocycles. The van der Waals surface area contributed by atoms with Crippen LogP contribution in [0.4, 0.5) is 8.78 Å². The van der Waals surface area contributed by atoms with E-state index in [1.807, 2.05) is 0 Å². The summed E-state index contributed by atoms with van der Waals surface area (Å²) in [6.45, 7) is 1.54. The van der Waals surface area contributed by atoms with Gasteiger partial charge in [0.2, 0.25) is 0 Å². The van der Waals surface area contributed by atoms with Crippen LogP contribution in [-0.4, -0.2) is 10.2 Å². The fraction of sp³-hybridized carbons (Fsp3) is 0.143. The van der Waals surface area contributed by atoms with Gasteiger partial charge in [-0.15, -0.1) is 0 Å². The van der Waals surface area contributed by atoms with E-state index in [1.54, 1.807) is 6.92 Å². The van der Waals surface area contributed by atoms with Crippen LogP contribution >= 0.6 is 0 Å². The number of benzene rings is 2. The lowest BCUT2D eigenvalue weighted by Crippen LogP contribution is -1.94. The third kappa shape index (κ3) is 2.42. The zero-order valence-electron chi connectivity index (χ0n) is 9.74. The average Bonchev–Trinajstić information content (AvgIpc) is 2.30. The monoisotopic (exact) mass is 250 g/mol. The Labute approximate surface area is 103 Å². The Kier molecular flexibility index (Phi) is 3.19. The quantitative estimate of drug-likeness (QED) is 0.858. The van der Waals surface area contributed by atoms with Crippen LogP contribution in [0.25, 0.3) is 0 Å². The number of halogens is 2. The zero-order chi connectivity index (χ0) is 13.3. The first kappa shape index (κ1) is 12.4. The van der Waals surface area contributed by atoms with Crippen molar-refractivity contribution in [3.8, 4) is 11.5 Å². The van der Waals surface area contributed by atoms with Crippen LogP contribution < -0.4 is 0 Å². The van der Waals surface area contributed by atoms with Crippen molar-refractivity contribution >= 4 is 0 Å². The Hall–Kier alpha value is -2.10. The van der Waals surface area contributed by atoms with E-state index < -0.39 is 11.6 Å². The van der Waals surface area contributed by atoms with Crippen LogP contribution in [-0.2, 0) is 6.42 Å². The number of hydrogen-bond acceptors (Lipinski definition) is 2. The highest BCUT2D eigenvalue weighted by Crippen LogP contribution is 2.27. The van der Waals surface area contributed by atoms with Gasteiger partial charge in [-0.25, -0.2) is 8.78 Å². The van der Waals surface area contributed by atoms with E-state index in [2.05, 4.69) is 0 Å². The fourth-order valence-corrected chi connectivity index (χ4v) is 1.75. The third-order valence-electron chi connectivity index (χ3n) is 2.78. The summed E-state index contributed by atoms with van der Waals surface area (Å²) in [5, 5.41) is 19.3. The molecule has 2 aromatic carbocycles. The normalized spacial score (nSPS) is 10.6. The summed E-state index contributed by atoms with van der Waals surface area (Å²) >= 11 is 0. The topological polar surface area (TPSA) is 40.5 Å². The highest BCUT2D eigenvalue weighted by Gasteiger charge is 2.10. The van der Waals surface area contributed by atoms with Crippen LogP contribution in [0.1, 0.15) is 16.7 Å². The van der Waals surface area contributed by atoms with E-state index >= 15 is 0 Å². The molecule has 0 fully saturated rings. The summed E-state index contributed by atoms with van der Waals surface area (Å²) in [5.41, 5.74) is 0.937. The van der Waals surface area contributed by atoms with Crippen molar-refractivity contribution in [1.82, 2.24) is 0 Å². The van der Waals surface area contributed by atoms with Gasteiger partial charge in [0.15, 0.2) is 0 Å². The summed E-state index contributed by atoms with van der Waals surface area (Å²) in [7, 11) is 0. The van der Waals surface area contributed by atoms with Crippen molar-refractivity contribution in [3.63, 3.8) is 0 Å². The molecular weight excluding hydrogens is 238 g/mol. The Balaban J connectivity index is 2.40. The van der Waals surface area contributed by atoms with E-state index in [0.29, 0.717) is 16.7 Å². The molecule has 0 saturated carbocycles. The lowest BCUT2D eigenvalue weighted by atomic mass is 10.0. The molecule has 2 rings (SSSR count). The first-order chi connectivity index (χ1) is 8.47. The van der Waals surface area contributed by atoms with E-state index in [9.17, 15) is 19.0 Å². The maximum Gasteiger partial charge on any atom is 0.126 e. The van der Waals surface area contributed by atoms with Crippen LogP contribution in [0.2, 0.25) is 0 Å². The molecule has 2 nitrogen and oxygen atoms in total. The molecule has 0 radical (unpaired) electrons. The molecule has 94 valence electrons. The highest BCUT2D eigenvalue weighted by molar-refractivity contribution is 5.43. The van der Waals surface area contributed by atoms with Crippen molar-refractivity contribution in [2.45, 2.75) is 13.3 Å². The second-order valence-corrected chi connectivity index (χ2v) is 4.18. The zero-order valence-corrected chi connectivity index (χ0v) is 9.74. The van der Waals surface area contributed by atoms with Gasteiger partial charge in [0.05, 0.1) is 0 Å². The van der Waals surface area contributed by atoms with Gasteiger partial charge in [0, 0.05) is 17.5 Å². The predicted octanol–water partition coefficient (Wildman–Crippen LogP) is 3.28. The van der Waals surface area contributed by atoms with Gasteiger partial charge in [-0.05, 0) is 42.8 Å². The standard InChI is InChI=1S/C14H12F2O2/c1-8-4-14(18)10(7-12(8)16)5-9-6-11(15)2-3-13(9)17/h2-4,6-7,17-18H,5H2,1H3. The lowest BCUT2D eigenvalue weighted by Gasteiger charge is -2.08. The molecule has 2 N–H and O–H groups in total. The predicted molar refractivity (Wildman–Crippen MR) is 63.7 cm³/mol. The molecule has 0 atom stereocenters. The summed E-state index contributed by atoms with van der Waals surface area (Å²) in [5.74, 6) is -1.09. The van der Waals surface area contributed by atoms with Crippen molar-refractivity contribution < 1.29 is 19.0 Å². The van der Waals surface area contributed by atoms with Gasteiger partial charge in [-0.2, -0.15) is 0 Å². The van der Waals surface area contributed by atoms with Crippen molar-refractivity contribution in [2.24, 2.45) is 0 Å². The molecule has 18 heavy (non-hydrogen) atoms. The summed E-state index contributed by atoms with van der Waals surface area (Å²) < 4.78 is 26.4. The average molecular weight is 250 g/mol. The van der Waals surface area contributed by atoms with Crippen LogP contribution in [0.3, 0.4) is 0 Å². The van der Waals surface area contributed by atoms with Gasteiger partial charge >= 0.3 is 0 Å². The molecule has 0 amide bonds. The maximum absolute atomic E-state index is 13.4. The number of aryl methyl sites for hydroxylation is 1. The summed E-state index contributed by atoms with van der Waals surface area (Å²) in [6, 6.07) is 6.02. The molecule has 0 aliphatic carbocycles. The summed E-state index contributed by atoms with van der Waals surface area (Å²) in [4.78, 5) is 0. The highest BCUT2D eigenvalue weighted by atomic mass is 19.1. The number of rotatable bonds is 2. The SMILES string of the molecule is Cc1cc(O)c(Cc2cc(F)ccc2O)cc1F. The van der Waals surface area contributed by atoms with Crippen LogP contribution in [0.5, 0.6) is 11.5 Å². The first-order valence-corrected chi connectivity index (χ1v) is 5.43. The van der Waals surface area contributed by atoms with E-state index in [-0.39, 0.29) is 17.9 Å². The Bertz CT molecular complexity index is 595. The van der Waals surface area contributed by atoms with Gasteiger partial charge in [0.1, 0.15) is 23.1 Å². The smallest absolute Gasteiger partial charge is 0.126 e. The number of aromatic hydroxyl groups is 2. The minimum Gasteiger partial charge on any atom is -0.508 e. The Morgan fingerprint density at radius 3 is 2.33 bits per heavy atom. The van der Waals surface area contributed by atoms with Crippen molar-refractivity contribution in [2.75, 3.05) is 0 Å². The number of phenolic OH excluding ortho intramolecular Hbond substituents is 2. The Morgan fingerprint density at radius 1 is 0.944 bits per heavy atom. The molecular formula is C14H12F2O2. The minimum atomic E-state index is -0.491. The molecule has 0 spiro atoms. The molecule has 0 bridgehead atoms. The van der Waals surface area contributed by atoms with Crippen LogP contribution in [0, 0.1) is 18.6 Å². The first-order valence-electron chi connectivity index (χ1n) is 5.43. The van der Waals surface area contributed by atoms with Gasteiger partial charge in [0.25, 0.3) is 0 Å². The van der Waals surface area contributed by atoms with E-state index in [1.165, 1.54) is 18.2 Å². The molecule has 4 heteroatoms. The van der Waals surface area contributed by atoms with Crippen molar-refractivity contribution in [3.05, 3.63) is 58.7 Å². The molecule has 0 heterocycles. The summed E-state index contributed by atoms with van der Waals surface area (Å²) in [6.07, 6.45) is 0.0621. The van der Waals surface area contributed by atoms with Crippen molar-refractivity contribution in [1.29, 1.82) is 0 Å². The molecule has 0 unspecified atom stereocenters. The lowest BCUT2D eigenvalue weighted by molar-refractivity contribution is 0.459. The maximum atomic E-state index is 13.4. The minimum absolute atomic E-state index is 0.0621. The van der Waals surface area contributed by atoms with Crippen LogP contribution in [0.15, 0.2) is 30.3 Å². The Morgan fingerprint density at radius 2 is 1.61 bits per heavy atom. The molecule has 0 aliphatic heterocycles. The van der Waals surface area contributed by atoms with Gasteiger partial charge in [-0.1, -0.05) is 0 Å². The largest absolute Gasteiger partial charge is 0.508 e. The molecule has 0 saturated heterocycles. The molecule has 0 aliphatic rings. The fourth-order valence-electron chi connectivity index (χ4n) is 1.75. The van der Waals surface area contributed by atoms with Gasteiger partial charge in [-0.3, -0.25) is 0 Å². The van der Waals surface area contributed by atoms with Gasteiger partial charge < -0.3 is 10.2 Å². The second-order valence-electron chi connectivity index (χ2n) is 4.18. The molecule has 2 aromatic rings. The van der Waals surface area contributed by atoms with E-state index in [4.69, 9.17) is 0 Å². The number of hydrogen-bond donors (Lipinski definition) is 2. The second kappa shape index (κ2) is 4.64. The number of phenols is 2. The van der Waals surface area contributed by atoms with E-state index in [0.717, 1.165) is 12.1 Å². The third-order valence-corrected chi connectivity index (χ3v) is 2.78.